The maximum atomic E-state index is 12.9. The molecule has 0 atom stereocenters. The molecule has 140 valence electrons. The van der Waals surface area contributed by atoms with Crippen LogP contribution in [-0.2, 0) is 0 Å². The third-order valence-corrected chi connectivity index (χ3v) is 4.24. The lowest BCUT2D eigenvalue weighted by molar-refractivity contribution is 0.102. The van der Waals surface area contributed by atoms with Gasteiger partial charge in [0.25, 0.3) is 5.91 Å². The number of benzene rings is 1. The molecule has 0 fully saturated rings. The third kappa shape index (κ3) is 4.81. The minimum atomic E-state index is -0.204. The van der Waals surface area contributed by atoms with E-state index in [2.05, 4.69) is 73.4 Å². The number of nitrogens with one attached hydrogen (secondary N) is 2. The Bertz CT molecular complexity index is 742. The van der Waals surface area contributed by atoms with E-state index in [9.17, 15) is 4.79 Å². The van der Waals surface area contributed by atoms with Gasteiger partial charge in [-0.3, -0.25) is 4.79 Å². The molecule has 1 heterocycles. The summed E-state index contributed by atoms with van der Waals surface area (Å²) < 4.78 is 0. The fourth-order valence-corrected chi connectivity index (χ4v) is 2.90. The highest BCUT2D eigenvalue weighted by Crippen LogP contribution is 2.32. The summed E-state index contributed by atoms with van der Waals surface area (Å²) in [6.07, 6.45) is 0.990. The van der Waals surface area contributed by atoms with Crippen molar-refractivity contribution < 1.29 is 4.79 Å². The molecule has 0 unspecified atom stereocenters. The van der Waals surface area contributed by atoms with E-state index in [1.165, 1.54) is 0 Å². The number of amides is 1. The van der Waals surface area contributed by atoms with Crippen LogP contribution in [0.1, 0.15) is 80.3 Å². The first-order valence-electron chi connectivity index (χ1n) is 9.37. The number of hydrogen-bond acceptors (Lipinski definition) is 4. The van der Waals surface area contributed by atoms with E-state index in [0.29, 0.717) is 29.2 Å². The van der Waals surface area contributed by atoms with Crippen molar-refractivity contribution in [1.29, 1.82) is 0 Å². The van der Waals surface area contributed by atoms with Crippen LogP contribution in [0.25, 0.3) is 0 Å². The molecule has 0 radical (unpaired) electrons. The molecule has 0 aliphatic heterocycles. The predicted octanol–water partition coefficient (Wildman–Crippen LogP) is 5.11. The van der Waals surface area contributed by atoms with Crippen molar-refractivity contribution in [3.05, 3.63) is 46.9 Å². The molecule has 2 aromatic rings. The number of nitrogens with zero attached hydrogens (tertiary/aromatic N) is 2. The molecular formula is C21H30N4O. The summed E-state index contributed by atoms with van der Waals surface area (Å²) in [7, 11) is 0. The number of para-hydroxylation sites is 1. The zero-order valence-corrected chi connectivity index (χ0v) is 16.7. The minimum Gasteiger partial charge on any atom is -0.370 e. The highest BCUT2D eigenvalue weighted by atomic mass is 16.1. The lowest BCUT2D eigenvalue weighted by Crippen LogP contribution is -2.18. The van der Waals surface area contributed by atoms with Crippen molar-refractivity contribution in [1.82, 2.24) is 9.97 Å². The maximum Gasteiger partial charge on any atom is 0.274 e. The number of carbonyl (C=O) groups excluding carboxylic acids is 1. The van der Waals surface area contributed by atoms with Crippen LogP contribution in [-0.4, -0.2) is 22.4 Å². The van der Waals surface area contributed by atoms with Gasteiger partial charge in [0, 0.05) is 18.3 Å². The molecule has 2 N–H and O–H groups in total. The van der Waals surface area contributed by atoms with E-state index >= 15 is 0 Å². The second-order valence-electron chi connectivity index (χ2n) is 7.19. The minimum absolute atomic E-state index is 0.204. The molecule has 5 heteroatoms. The lowest BCUT2D eigenvalue weighted by Gasteiger charge is -2.20. The van der Waals surface area contributed by atoms with Crippen molar-refractivity contribution in [2.75, 3.05) is 17.2 Å². The van der Waals surface area contributed by atoms with Crippen LogP contribution in [0.2, 0.25) is 0 Å². The van der Waals surface area contributed by atoms with E-state index < -0.39 is 0 Å². The first kappa shape index (κ1) is 19.9. The van der Waals surface area contributed by atoms with Gasteiger partial charge in [0.15, 0.2) is 0 Å². The van der Waals surface area contributed by atoms with Gasteiger partial charge in [-0.25, -0.2) is 9.97 Å². The predicted molar refractivity (Wildman–Crippen MR) is 108 cm³/mol. The van der Waals surface area contributed by atoms with Gasteiger partial charge in [-0.1, -0.05) is 52.8 Å². The van der Waals surface area contributed by atoms with Gasteiger partial charge in [-0.15, -0.1) is 0 Å². The highest BCUT2D eigenvalue weighted by Gasteiger charge is 2.18. The van der Waals surface area contributed by atoms with Crippen LogP contribution in [0.4, 0.5) is 11.5 Å². The SMILES string of the molecule is CCCNc1cc(C(=O)Nc2c(C(C)C)cccc2C(C)C)nc(C)n1. The Morgan fingerprint density at radius 2 is 1.69 bits per heavy atom. The van der Waals surface area contributed by atoms with Crippen molar-refractivity contribution in [2.24, 2.45) is 0 Å². The van der Waals surface area contributed by atoms with Crippen LogP contribution >= 0.6 is 0 Å². The molecule has 0 saturated heterocycles. The van der Waals surface area contributed by atoms with Gasteiger partial charge >= 0.3 is 0 Å². The number of aromatic nitrogens is 2. The molecule has 5 nitrogen and oxygen atoms in total. The maximum absolute atomic E-state index is 12.9. The number of rotatable bonds is 7. The zero-order valence-electron chi connectivity index (χ0n) is 16.7. The third-order valence-electron chi connectivity index (χ3n) is 4.24. The van der Waals surface area contributed by atoms with E-state index in [1.807, 2.05) is 0 Å². The van der Waals surface area contributed by atoms with Gasteiger partial charge in [0.2, 0.25) is 0 Å². The Hall–Kier alpha value is -2.43. The van der Waals surface area contributed by atoms with Gasteiger partial charge in [-0.2, -0.15) is 0 Å². The van der Waals surface area contributed by atoms with Gasteiger partial charge in [0.05, 0.1) is 0 Å². The Balaban J connectivity index is 2.37. The van der Waals surface area contributed by atoms with Gasteiger partial charge in [-0.05, 0) is 36.3 Å². The topological polar surface area (TPSA) is 66.9 Å². The summed E-state index contributed by atoms with van der Waals surface area (Å²) in [5, 5.41) is 6.33. The molecule has 26 heavy (non-hydrogen) atoms. The van der Waals surface area contributed by atoms with Crippen LogP contribution < -0.4 is 10.6 Å². The zero-order chi connectivity index (χ0) is 19.3. The number of anilines is 2. The molecule has 0 aliphatic rings. The molecular weight excluding hydrogens is 324 g/mol. The molecule has 1 aromatic carbocycles. The summed E-state index contributed by atoms with van der Waals surface area (Å²) in [5.74, 6) is 1.70. The summed E-state index contributed by atoms with van der Waals surface area (Å²) in [6.45, 7) is 13.2. The summed E-state index contributed by atoms with van der Waals surface area (Å²) >= 11 is 0. The summed E-state index contributed by atoms with van der Waals surface area (Å²) in [4.78, 5) is 21.6. The average molecular weight is 354 g/mol. The van der Waals surface area contributed by atoms with E-state index in [0.717, 1.165) is 29.8 Å². The Kier molecular flexibility index (Phi) is 6.72. The van der Waals surface area contributed by atoms with Crippen LogP contribution in [0.3, 0.4) is 0 Å². The Labute approximate surface area is 156 Å². The fraction of sp³-hybridized carbons (Fsp3) is 0.476. The monoisotopic (exact) mass is 354 g/mol. The van der Waals surface area contributed by atoms with Crippen molar-refractivity contribution >= 4 is 17.4 Å². The number of aryl methyl sites for hydroxylation is 1. The molecule has 2 rings (SSSR count). The van der Waals surface area contributed by atoms with Crippen molar-refractivity contribution in [2.45, 2.75) is 59.8 Å². The second kappa shape index (κ2) is 8.79. The largest absolute Gasteiger partial charge is 0.370 e. The normalized spacial score (nSPS) is 11.1. The summed E-state index contributed by atoms with van der Waals surface area (Å²) in [5.41, 5.74) is 3.56. The average Bonchev–Trinajstić information content (AvgIpc) is 2.59. The molecule has 0 aliphatic carbocycles. The van der Waals surface area contributed by atoms with Gasteiger partial charge < -0.3 is 10.6 Å². The first-order chi connectivity index (χ1) is 12.3. The highest BCUT2D eigenvalue weighted by molar-refractivity contribution is 6.04. The van der Waals surface area contributed by atoms with Crippen LogP contribution in [0.5, 0.6) is 0 Å². The standard InChI is InChI=1S/C21H30N4O/c1-7-11-22-19-12-18(23-15(6)24-19)21(26)25-20-16(13(2)3)9-8-10-17(20)14(4)5/h8-10,12-14H,7,11H2,1-6H3,(H,25,26)(H,22,23,24). The van der Waals surface area contributed by atoms with Crippen LogP contribution in [0, 0.1) is 6.92 Å². The molecule has 1 amide bonds. The second-order valence-corrected chi connectivity index (χ2v) is 7.19. The Morgan fingerprint density at radius 1 is 1.08 bits per heavy atom. The quantitative estimate of drug-likeness (QED) is 0.725. The Morgan fingerprint density at radius 3 is 2.23 bits per heavy atom. The number of hydrogen-bond donors (Lipinski definition) is 2. The first-order valence-corrected chi connectivity index (χ1v) is 9.37. The molecule has 0 bridgehead atoms. The van der Waals surface area contributed by atoms with E-state index in [1.54, 1.807) is 13.0 Å². The van der Waals surface area contributed by atoms with Crippen LogP contribution in [0.15, 0.2) is 24.3 Å². The molecule has 0 spiro atoms. The lowest BCUT2D eigenvalue weighted by atomic mass is 9.92. The van der Waals surface area contributed by atoms with Gasteiger partial charge in [0.1, 0.15) is 17.3 Å². The smallest absolute Gasteiger partial charge is 0.274 e. The number of carbonyl (C=O) groups is 1. The van der Waals surface area contributed by atoms with E-state index in [-0.39, 0.29) is 5.91 Å². The molecule has 1 aromatic heterocycles. The fourth-order valence-electron chi connectivity index (χ4n) is 2.90. The summed E-state index contributed by atoms with van der Waals surface area (Å²) in [6, 6.07) is 7.92. The molecule has 0 saturated carbocycles. The van der Waals surface area contributed by atoms with E-state index in [4.69, 9.17) is 0 Å². The van der Waals surface area contributed by atoms with Crippen molar-refractivity contribution in [3.63, 3.8) is 0 Å². The van der Waals surface area contributed by atoms with Crippen molar-refractivity contribution in [3.8, 4) is 0 Å².